The van der Waals surface area contributed by atoms with Crippen LogP contribution in [0.25, 0.3) is 0 Å². The lowest BCUT2D eigenvalue weighted by Gasteiger charge is -2.45. The number of carbonyl (C=O) groups is 1. The summed E-state index contributed by atoms with van der Waals surface area (Å²) in [6.45, 7) is 7.40. The lowest BCUT2D eigenvalue weighted by molar-refractivity contribution is -0.489. The molecule has 0 amide bonds. The first-order chi connectivity index (χ1) is 12.8. The Morgan fingerprint density at radius 3 is 1.96 bits per heavy atom. The summed E-state index contributed by atoms with van der Waals surface area (Å²) in [4.78, 5) is 23.8. The summed E-state index contributed by atoms with van der Waals surface area (Å²) in [5.74, 6) is -3.17. The number of esters is 1. The van der Waals surface area contributed by atoms with Crippen molar-refractivity contribution in [2.75, 3.05) is 6.61 Å². The fraction of sp³-hybridized carbons (Fsp3) is 0.409. The van der Waals surface area contributed by atoms with Crippen molar-refractivity contribution in [1.82, 2.24) is 0 Å². The topological polar surface area (TPSA) is 65.0 Å². The fourth-order valence-electron chi connectivity index (χ4n) is 3.41. The van der Waals surface area contributed by atoms with E-state index in [1.54, 1.807) is 6.92 Å². The van der Waals surface area contributed by atoms with Crippen LogP contribution < -0.4 is 0 Å². The summed E-state index contributed by atoms with van der Waals surface area (Å²) in [6, 6.07) is 15.8. The number of aliphatic hydroxyl groups is 1. The molecule has 2 aromatic rings. The molecule has 1 aliphatic rings. The summed E-state index contributed by atoms with van der Waals surface area (Å²) in [6.07, 6.45) is 0.199. The van der Waals surface area contributed by atoms with Crippen LogP contribution in [-0.2, 0) is 24.9 Å². The van der Waals surface area contributed by atoms with Crippen LogP contribution in [-0.4, -0.2) is 23.5 Å². The van der Waals surface area contributed by atoms with Crippen molar-refractivity contribution in [2.45, 2.75) is 45.5 Å². The molecule has 0 aliphatic carbocycles. The van der Waals surface area contributed by atoms with Gasteiger partial charge in [0.15, 0.2) is 5.60 Å². The summed E-state index contributed by atoms with van der Waals surface area (Å²) in [7, 11) is 0. The molecule has 27 heavy (non-hydrogen) atoms. The van der Waals surface area contributed by atoms with Crippen molar-refractivity contribution in [3.8, 4) is 0 Å². The summed E-state index contributed by atoms with van der Waals surface area (Å²) < 4.78 is 5.19. The summed E-state index contributed by atoms with van der Waals surface area (Å²) >= 11 is 0. The Bertz CT molecular complexity index is 747. The maximum atomic E-state index is 12.6. The molecular formula is C22H26O5. The van der Waals surface area contributed by atoms with Gasteiger partial charge in [-0.3, -0.25) is 4.79 Å². The number of hydrogen-bond donors (Lipinski definition) is 1. The van der Waals surface area contributed by atoms with Crippen molar-refractivity contribution in [1.29, 1.82) is 0 Å². The van der Waals surface area contributed by atoms with E-state index in [0.29, 0.717) is 0 Å². The molecule has 5 nitrogen and oxygen atoms in total. The average Bonchev–Trinajstić information content (AvgIpc) is 2.63. The lowest BCUT2D eigenvalue weighted by Crippen LogP contribution is -2.53. The number of aryl methyl sites for hydroxylation is 2. The van der Waals surface area contributed by atoms with Gasteiger partial charge in [-0.1, -0.05) is 59.7 Å². The second-order valence-corrected chi connectivity index (χ2v) is 7.29. The molecule has 1 aliphatic heterocycles. The Hall–Kier alpha value is -2.21. The van der Waals surface area contributed by atoms with Crippen LogP contribution in [0.5, 0.6) is 0 Å². The highest BCUT2D eigenvalue weighted by Gasteiger charge is 2.54. The van der Waals surface area contributed by atoms with E-state index in [2.05, 4.69) is 0 Å². The van der Waals surface area contributed by atoms with E-state index < -0.39 is 23.3 Å². The predicted octanol–water partition coefficient (Wildman–Crippen LogP) is 3.79. The van der Waals surface area contributed by atoms with Gasteiger partial charge in [0.2, 0.25) is 5.79 Å². The van der Waals surface area contributed by atoms with E-state index >= 15 is 0 Å². The number of rotatable bonds is 4. The molecule has 0 spiro atoms. The molecule has 2 unspecified atom stereocenters. The second-order valence-electron chi connectivity index (χ2n) is 7.29. The third-order valence-electron chi connectivity index (χ3n) is 5.10. The quantitative estimate of drug-likeness (QED) is 0.655. The summed E-state index contributed by atoms with van der Waals surface area (Å²) in [5.41, 5.74) is 2.90. The third-order valence-corrected chi connectivity index (χ3v) is 5.10. The highest BCUT2D eigenvalue weighted by molar-refractivity contribution is 5.74. The minimum Gasteiger partial charge on any atom is -0.466 e. The van der Waals surface area contributed by atoms with Crippen LogP contribution in [0.3, 0.4) is 0 Å². The number of benzene rings is 2. The van der Waals surface area contributed by atoms with Gasteiger partial charge in [0, 0.05) is 6.42 Å². The maximum Gasteiger partial charge on any atom is 0.314 e. The van der Waals surface area contributed by atoms with Crippen LogP contribution in [0.2, 0.25) is 0 Å². The van der Waals surface area contributed by atoms with Crippen LogP contribution in [0.1, 0.15) is 42.5 Å². The van der Waals surface area contributed by atoms with E-state index in [4.69, 9.17) is 14.5 Å². The van der Waals surface area contributed by atoms with Gasteiger partial charge in [0.05, 0.1) is 6.61 Å². The number of hydrogen-bond acceptors (Lipinski definition) is 5. The molecule has 1 saturated heterocycles. The minimum atomic E-state index is -1.77. The number of ether oxygens (including phenoxy) is 1. The van der Waals surface area contributed by atoms with Gasteiger partial charge in [-0.25, -0.2) is 4.89 Å². The first-order valence-electron chi connectivity index (χ1n) is 9.18. The zero-order chi connectivity index (χ0) is 19.7. The molecule has 144 valence electrons. The fourth-order valence-corrected chi connectivity index (χ4v) is 3.41. The smallest absolute Gasteiger partial charge is 0.314 e. The Balaban J connectivity index is 2.11. The standard InChI is InChI=1S/C22H26O5/c1-5-25-20(23)19-14-22(27-26-21(19,4)24,17-10-6-15(2)7-11-17)18-12-8-16(3)9-13-18/h6-13,19,24H,5,14H2,1-4H3. The number of carbonyl (C=O) groups excluding carboxylic acids is 1. The molecule has 1 fully saturated rings. The highest BCUT2D eigenvalue weighted by Crippen LogP contribution is 2.47. The summed E-state index contributed by atoms with van der Waals surface area (Å²) in [5, 5.41) is 10.6. The molecule has 1 heterocycles. The normalized spacial score (nSPS) is 24.4. The average molecular weight is 370 g/mol. The van der Waals surface area contributed by atoms with Crippen LogP contribution in [0.15, 0.2) is 48.5 Å². The van der Waals surface area contributed by atoms with E-state index in [1.165, 1.54) is 6.92 Å². The molecule has 3 rings (SSSR count). The van der Waals surface area contributed by atoms with Gasteiger partial charge in [-0.15, -0.1) is 0 Å². The molecule has 2 aromatic carbocycles. The first kappa shape index (κ1) is 19.5. The van der Waals surface area contributed by atoms with Gasteiger partial charge in [-0.05, 0) is 38.8 Å². The Morgan fingerprint density at radius 2 is 1.52 bits per heavy atom. The van der Waals surface area contributed by atoms with Crippen LogP contribution in [0, 0.1) is 19.8 Å². The molecule has 2 atom stereocenters. The minimum absolute atomic E-state index is 0.199. The van der Waals surface area contributed by atoms with Crippen molar-refractivity contribution < 1.29 is 24.4 Å². The predicted molar refractivity (Wildman–Crippen MR) is 101 cm³/mol. The Labute approximate surface area is 159 Å². The SMILES string of the molecule is CCOC(=O)C1CC(c2ccc(C)cc2)(c2ccc(C)cc2)OOC1(C)O. The van der Waals surface area contributed by atoms with Gasteiger partial charge in [-0.2, -0.15) is 4.89 Å². The van der Waals surface area contributed by atoms with Crippen LogP contribution in [0.4, 0.5) is 0 Å². The van der Waals surface area contributed by atoms with Crippen molar-refractivity contribution in [2.24, 2.45) is 5.92 Å². The van der Waals surface area contributed by atoms with E-state index in [-0.39, 0.29) is 13.0 Å². The van der Waals surface area contributed by atoms with Gasteiger partial charge in [0.1, 0.15) is 5.92 Å². The van der Waals surface area contributed by atoms with Crippen molar-refractivity contribution in [3.05, 3.63) is 70.8 Å². The van der Waals surface area contributed by atoms with Gasteiger partial charge < -0.3 is 9.84 Å². The third kappa shape index (κ3) is 3.76. The molecule has 0 radical (unpaired) electrons. The molecule has 0 aromatic heterocycles. The molecule has 0 saturated carbocycles. The molecular weight excluding hydrogens is 344 g/mol. The van der Waals surface area contributed by atoms with Gasteiger partial charge >= 0.3 is 5.97 Å². The Morgan fingerprint density at radius 1 is 1.04 bits per heavy atom. The molecule has 1 N–H and O–H groups in total. The van der Waals surface area contributed by atoms with Crippen molar-refractivity contribution in [3.63, 3.8) is 0 Å². The van der Waals surface area contributed by atoms with E-state index in [0.717, 1.165) is 22.3 Å². The van der Waals surface area contributed by atoms with E-state index in [1.807, 2.05) is 62.4 Å². The monoisotopic (exact) mass is 370 g/mol. The lowest BCUT2D eigenvalue weighted by atomic mass is 9.76. The molecule has 0 bridgehead atoms. The highest BCUT2D eigenvalue weighted by atomic mass is 17.2. The Kier molecular flexibility index (Phi) is 5.38. The second kappa shape index (κ2) is 7.43. The van der Waals surface area contributed by atoms with Crippen LogP contribution >= 0.6 is 0 Å². The maximum absolute atomic E-state index is 12.6. The largest absolute Gasteiger partial charge is 0.466 e. The van der Waals surface area contributed by atoms with E-state index in [9.17, 15) is 9.90 Å². The zero-order valence-electron chi connectivity index (χ0n) is 16.2. The first-order valence-corrected chi connectivity index (χ1v) is 9.18. The molecule has 5 heteroatoms. The van der Waals surface area contributed by atoms with Gasteiger partial charge in [0.25, 0.3) is 0 Å². The van der Waals surface area contributed by atoms with Crippen molar-refractivity contribution >= 4 is 5.97 Å². The zero-order valence-corrected chi connectivity index (χ0v) is 16.2.